The molecule has 0 saturated heterocycles. The number of methoxy groups -OCH3 is 1. The van der Waals surface area contributed by atoms with E-state index in [-0.39, 0.29) is 11.5 Å². The number of hydrogen-bond donors (Lipinski definition) is 3. The zero-order chi connectivity index (χ0) is 18.2. The van der Waals surface area contributed by atoms with Crippen LogP contribution in [0.25, 0.3) is 0 Å². The van der Waals surface area contributed by atoms with E-state index in [1.54, 1.807) is 36.4 Å². The lowest BCUT2D eigenvalue weighted by Crippen LogP contribution is -2.24. The summed E-state index contributed by atoms with van der Waals surface area (Å²) >= 11 is 5.93. The van der Waals surface area contributed by atoms with Gasteiger partial charge in [-0.2, -0.15) is 5.10 Å². The van der Waals surface area contributed by atoms with Gasteiger partial charge in [0.25, 0.3) is 0 Å². The van der Waals surface area contributed by atoms with E-state index in [1.165, 1.54) is 19.4 Å². The van der Waals surface area contributed by atoms with Crippen LogP contribution in [0.2, 0.25) is 5.02 Å². The van der Waals surface area contributed by atoms with Crippen molar-refractivity contribution in [1.29, 1.82) is 0 Å². The van der Waals surface area contributed by atoms with Gasteiger partial charge in [0.1, 0.15) is 6.42 Å². The molecular weight excluding hydrogens is 346 g/mol. The molecule has 0 aliphatic rings. The number of benzene rings is 2. The van der Waals surface area contributed by atoms with E-state index < -0.39 is 18.2 Å². The first-order chi connectivity index (χ1) is 12.0. The van der Waals surface area contributed by atoms with Crippen molar-refractivity contribution in [2.75, 3.05) is 12.4 Å². The van der Waals surface area contributed by atoms with Gasteiger partial charge in [0.2, 0.25) is 11.8 Å². The van der Waals surface area contributed by atoms with E-state index in [0.717, 1.165) is 0 Å². The number of nitrogens with one attached hydrogen (secondary N) is 2. The summed E-state index contributed by atoms with van der Waals surface area (Å²) in [4.78, 5) is 23.5. The zero-order valence-electron chi connectivity index (χ0n) is 13.3. The normalized spacial score (nSPS) is 10.5. The highest BCUT2D eigenvalue weighted by Crippen LogP contribution is 2.25. The second kappa shape index (κ2) is 8.70. The number of halogens is 1. The van der Waals surface area contributed by atoms with Gasteiger partial charge >= 0.3 is 0 Å². The lowest BCUT2D eigenvalue weighted by molar-refractivity contribution is -0.126. The van der Waals surface area contributed by atoms with Crippen LogP contribution in [0.1, 0.15) is 12.0 Å². The molecule has 0 atom stereocenters. The number of phenols is 1. The molecule has 0 aromatic heterocycles. The van der Waals surface area contributed by atoms with Crippen molar-refractivity contribution >= 4 is 35.3 Å². The maximum atomic E-state index is 11.8. The highest BCUT2D eigenvalue weighted by molar-refractivity contribution is 6.33. The fourth-order valence-electron chi connectivity index (χ4n) is 1.90. The Labute approximate surface area is 149 Å². The zero-order valence-corrected chi connectivity index (χ0v) is 14.1. The lowest BCUT2D eigenvalue weighted by atomic mass is 10.2. The molecule has 0 fully saturated rings. The summed E-state index contributed by atoms with van der Waals surface area (Å²) < 4.78 is 4.97. The van der Waals surface area contributed by atoms with E-state index in [9.17, 15) is 14.7 Å². The summed E-state index contributed by atoms with van der Waals surface area (Å²) in [7, 11) is 1.43. The van der Waals surface area contributed by atoms with Crippen LogP contribution >= 0.6 is 11.6 Å². The van der Waals surface area contributed by atoms with Crippen LogP contribution in [0.4, 0.5) is 5.69 Å². The average Bonchev–Trinajstić information content (AvgIpc) is 2.58. The molecule has 0 aliphatic carbocycles. The van der Waals surface area contributed by atoms with Gasteiger partial charge in [-0.05, 0) is 35.9 Å². The van der Waals surface area contributed by atoms with Crippen LogP contribution < -0.4 is 15.5 Å². The quantitative estimate of drug-likeness (QED) is 0.418. The second-order valence-corrected chi connectivity index (χ2v) is 5.34. The first kappa shape index (κ1) is 18.3. The fraction of sp³-hybridized carbons (Fsp3) is 0.118. The Balaban J connectivity index is 1.86. The molecule has 0 heterocycles. The summed E-state index contributed by atoms with van der Waals surface area (Å²) in [5.41, 5.74) is 3.29. The van der Waals surface area contributed by atoms with Gasteiger partial charge in [0.15, 0.2) is 11.5 Å². The molecule has 3 N–H and O–H groups in total. The molecule has 0 aliphatic heterocycles. The van der Waals surface area contributed by atoms with Crippen molar-refractivity contribution in [3.8, 4) is 11.5 Å². The maximum Gasteiger partial charge on any atom is 0.249 e. The number of aromatic hydroxyl groups is 1. The molecular formula is C17H16ClN3O4. The van der Waals surface area contributed by atoms with Crippen molar-refractivity contribution < 1.29 is 19.4 Å². The number of anilines is 1. The summed E-state index contributed by atoms with van der Waals surface area (Å²) in [5, 5.41) is 16.2. The molecule has 2 aromatic carbocycles. The summed E-state index contributed by atoms with van der Waals surface area (Å²) in [6.07, 6.45) is 0.966. The number of rotatable bonds is 6. The minimum absolute atomic E-state index is 0.0000654. The third-order valence-corrected chi connectivity index (χ3v) is 3.41. The lowest BCUT2D eigenvalue weighted by Gasteiger charge is -2.06. The Morgan fingerprint density at radius 1 is 1.24 bits per heavy atom. The molecule has 7 nitrogen and oxygen atoms in total. The number of carbonyl (C=O) groups is 2. The third-order valence-electron chi connectivity index (χ3n) is 3.08. The van der Waals surface area contributed by atoms with E-state index in [2.05, 4.69) is 15.8 Å². The summed E-state index contributed by atoms with van der Waals surface area (Å²) in [6, 6.07) is 11.3. The van der Waals surface area contributed by atoms with Crippen LogP contribution in [0.3, 0.4) is 0 Å². The molecule has 2 rings (SSSR count). The molecule has 2 amide bonds. The first-order valence-electron chi connectivity index (χ1n) is 7.23. The van der Waals surface area contributed by atoms with E-state index >= 15 is 0 Å². The number of nitrogens with zero attached hydrogens (tertiary/aromatic N) is 1. The van der Waals surface area contributed by atoms with Crippen LogP contribution in [-0.4, -0.2) is 30.2 Å². The Bertz CT molecular complexity index is 808. The van der Waals surface area contributed by atoms with Crippen molar-refractivity contribution in [2.45, 2.75) is 6.42 Å². The number of phenolic OH excluding ortho intramolecular Hbond substituents is 1. The number of amides is 2. The van der Waals surface area contributed by atoms with Crippen molar-refractivity contribution in [2.24, 2.45) is 5.10 Å². The van der Waals surface area contributed by atoms with E-state index in [0.29, 0.717) is 16.3 Å². The van der Waals surface area contributed by atoms with Crippen LogP contribution in [0, 0.1) is 0 Å². The predicted octanol–water partition coefficient (Wildman–Crippen LogP) is 2.53. The second-order valence-electron chi connectivity index (χ2n) is 4.93. The maximum absolute atomic E-state index is 11.8. The first-order valence-corrected chi connectivity index (χ1v) is 7.60. The molecule has 2 aromatic rings. The fourth-order valence-corrected chi connectivity index (χ4v) is 2.08. The van der Waals surface area contributed by atoms with E-state index in [1.807, 2.05) is 0 Å². The van der Waals surface area contributed by atoms with Gasteiger partial charge in [-0.25, -0.2) is 5.43 Å². The monoisotopic (exact) mass is 361 g/mol. The SMILES string of the molecule is COc1cc(C=NNC(=O)CC(=O)Nc2ccccc2Cl)ccc1O. The molecule has 130 valence electrons. The Morgan fingerprint density at radius 3 is 2.72 bits per heavy atom. The van der Waals surface area contributed by atoms with Gasteiger partial charge in [-0.1, -0.05) is 23.7 Å². The Kier molecular flexibility index (Phi) is 6.36. The third kappa shape index (κ3) is 5.50. The number of hydrazone groups is 1. The van der Waals surface area contributed by atoms with Crippen LogP contribution in [0.5, 0.6) is 11.5 Å². The summed E-state index contributed by atoms with van der Waals surface area (Å²) in [5.74, 6) is -0.798. The number of carbonyl (C=O) groups excluding carboxylic acids is 2. The smallest absolute Gasteiger partial charge is 0.249 e. The topological polar surface area (TPSA) is 100 Å². The van der Waals surface area contributed by atoms with Crippen LogP contribution in [-0.2, 0) is 9.59 Å². The van der Waals surface area contributed by atoms with Gasteiger partial charge in [-0.15, -0.1) is 0 Å². The number of para-hydroxylation sites is 1. The molecule has 0 bridgehead atoms. The molecule has 0 radical (unpaired) electrons. The van der Waals surface area contributed by atoms with Gasteiger partial charge < -0.3 is 15.2 Å². The molecule has 0 spiro atoms. The Hall–Kier alpha value is -3.06. The number of hydrogen-bond acceptors (Lipinski definition) is 5. The van der Waals surface area contributed by atoms with E-state index in [4.69, 9.17) is 16.3 Å². The highest BCUT2D eigenvalue weighted by atomic mass is 35.5. The number of ether oxygens (including phenoxy) is 1. The average molecular weight is 362 g/mol. The molecule has 8 heteroatoms. The van der Waals surface area contributed by atoms with Crippen molar-refractivity contribution in [3.05, 3.63) is 53.1 Å². The van der Waals surface area contributed by atoms with Gasteiger partial charge in [0, 0.05) is 0 Å². The molecule has 25 heavy (non-hydrogen) atoms. The van der Waals surface area contributed by atoms with Crippen molar-refractivity contribution in [1.82, 2.24) is 5.43 Å². The van der Waals surface area contributed by atoms with Gasteiger partial charge in [0.05, 0.1) is 24.0 Å². The minimum Gasteiger partial charge on any atom is -0.504 e. The molecule has 0 unspecified atom stereocenters. The predicted molar refractivity (Wildman–Crippen MR) is 95.1 cm³/mol. The molecule has 0 saturated carbocycles. The van der Waals surface area contributed by atoms with Crippen LogP contribution in [0.15, 0.2) is 47.6 Å². The Morgan fingerprint density at radius 2 is 2.00 bits per heavy atom. The largest absolute Gasteiger partial charge is 0.504 e. The summed E-state index contributed by atoms with van der Waals surface area (Å²) in [6.45, 7) is 0. The van der Waals surface area contributed by atoms with Gasteiger partial charge in [-0.3, -0.25) is 9.59 Å². The highest BCUT2D eigenvalue weighted by Gasteiger charge is 2.10. The van der Waals surface area contributed by atoms with Crippen molar-refractivity contribution in [3.63, 3.8) is 0 Å². The minimum atomic E-state index is -0.577. The standard InChI is InChI=1S/C17H16ClN3O4/c1-25-15-8-11(6-7-14(15)22)10-19-21-17(24)9-16(23)20-13-5-3-2-4-12(13)18/h2-8,10,22H,9H2,1H3,(H,20,23)(H,21,24).